The number of aromatic nitrogens is 3. The number of nitrogens with two attached hydrogens (primary N) is 1. The van der Waals surface area contributed by atoms with Crippen molar-refractivity contribution in [2.45, 2.75) is 32.9 Å². The van der Waals surface area contributed by atoms with Crippen LogP contribution in [0, 0.1) is 6.92 Å². The average Bonchev–Trinajstić information content (AvgIpc) is 2.78. The summed E-state index contributed by atoms with van der Waals surface area (Å²) in [4.78, 5) is 4.37. The first-order valence-corrected chi connectivity index (χ1v) is 5.92. The fourth-order valence-electron chi connectivity index (χ4n) is 1.97. The predicted octanol–water partition coefficient (Wildman–Crippen LogP) is 2.04. The Morgan fingerprint density at radius 2 is 2.18 bits per heavy atom. The molecule has 2 N–H and O–H groups in total. The highest BCUT2D eigenvalue weighted by Gasteiger charge is 2.16. The molecule has 2 aromatic rings. The molecule has 2 heterocycles. The van der Waals surface area contributed by atoms with Crippen molar-refractivity contribution in [3.63, 3.8) is 0 Å². The van der Waals surface area contributed by atoms with Gasteiger partial charge in [-0.15, -0.1) is 0 Å². The summed E-state index contributed by atoms with van der Waals surface area (Å²) in [6.07, 6.45) is 4.62. The van der Waals surface area contributed by atoms with Gasteiger partial charge in [-0.05, 0) is 31.0 Å². The van der Waals surface area contributed by atoms with Gasteiger partial charge in [0.2, 0.25) is 0 Å². The third-order valence-electron chi connectivity index (χ3n) is 2.85. The first kappa shape index (κ1) is 11.8. The predicted molar refractivity (Wildman–Crippen MR) is 67.5 cm³/mol. The van der Waals surface area contributed by atoms with E-state index < -0.39 is 0 Å². The van der Waals surface area contributed by atoms with Crippen molar-refractivity contribution in [2.75, 3.05) is 0 Å². The Balaban J connectivity index is 2.34. The molecule has 0 aromatic carbocycles. The molecular weight excluding hydrogens is 212 g/mol. The van der Waals surface area contributed by atoms with E-state index in [2.05, 4.69) is 17.0 Å². The van der Waals surface area contributed by atoms with Crippen LogP contribution in [0.5, 0.6) is 0 Å². The van der Waals surface area contributed by atoms with Crippen LogP contribution in [-0.2, 0) is 6.54 Å². The minimum atomic E-state index is -0.203. The van der Waals surface area contributed by atoms with Crippen LogP contribution in [0.15, 0.2) is 30.6 Å². The molecule has 4 nitrogen and oxygen atoms in total. The fraction of sp³-hybridized carbons (Fsp3) is 0.385. The number of rotatable bonds is 4. The van der Waals surface area contributed by atoms with Gasteiger partial charge in [-0.3, -0.25) is 9.67 Å². The van der Waals surface area contributed by atoms with E-state index in [1.165, 1.54) is 0 Å². The first-order valence-electron chi connectivity index (χ1n) is 5.92. The molecule has 0 saturated heterocycles. The second-order valence-electron chi connectivity index (χ2n) is 4.16. The zero-order valence-corrected chi connectivity index (χ0v) is 10.3. The Morgan fingerprint density at radius 1 is 1.35 bits per heavy atom. The maximum absolute atomic E-state index is 6.27. The molecule has 0 fully saturated rings. The van der Waals surface area contributed by atoms with E-state index in [9.17, 15) is 0 Å². The third kappa shape index (κ3) is 2.36. The summed E-state index contributed by atoms with van der Waals surface area (Å²) in [6, 6.07) is 5.72. The van der Waals surface area contributed by atoms with E-state index in [1.807, 2.05) is 29.8 Å². The molecule has 0 aliphatic rings. The van der Waals surface area contributed by atoms with Crippen molar-refractivity contribution in [3.8, 4) is 0 Å². The molecule has 17 heavy (non-hydrogen) atoms. The van der Waals surface area contributed by atoms with Crippen LogP contribution >= 0.6 is 0 Å². The number of hydrogen-bond donors (Lipinski definition) is 1. The second-order valence-corrected chi connectivity index (χ2v) is 4.16. The summed E-state index contributed by atoms with van der Waals surface area (Å²) in [5.74, 6) is 0. The van der Waals surface area contributed by atoms with E-state index in [1.54, 1.807) is 12.4 Å². The minimum Gasteiger partial charge on any atom is -0.318 e. The number of nitrogens with zero attached hydrogens (tertiary/aromatic N) is 3. The summed E-state index contributed by atoms with van der Waals surface area (Å²) >= 11 is 0. The molecule has 0 aliphatic carbocycles. The normalized spacial score (nSPS) is 12.6. The van der Waals surface area contributed by atoms with Crippen molar-refractivity contribution in [1.29, 1.82) is 0 Å². The molecule has 0 spiro atoms. The van der Waals surface area contributed by atoms with Crippen LogP contribution in [0.4, 0.5) is 0 Å². The van der Waals surface area contributed by atoms with Gasteiger partial charge in [-0.2, -0.15) is 5.10 Å². The standard InChI is InChI=1S/C13H18N4/c1-3-9-17-11(6-8-16-17)12(14)13-10(2)5-4-7-15-13/h4-8,12H,3,9,14H2,1-2H3. The summed E-state index contributed by atoms with van der Waals surface area (Å²) in [5.41, 5.74) is 9.33. The molecular formula is C13H18N4. The molecule has 1 unspecified atom stereocenters. The summed E-state index contributed by atoms with van der Waals surface area (Å²) in [7, 11) is 0. The van der Waals surface area contributed by atoms with Gasteiger partial charge in [0.25, 0.3) is 0 Å². The quantitative estimate of drug-likeness (QED) is 0.874. The van der Waals surface area contributed by atoms with Gasteiger partial charge in [0.05, 0.1) is 17.4 Å². The van der Waals surface area contributed by atoms with Gasteiger partial charge in [0, 0.05) is 18.9 Å². The van der Waals surface area contributed by atoms with Crippen LogP contribution < -0.4 is 5.73 Å². The monoisotopic (exact) mass is 230 g/mol. The van der Waals surface area contributed by atoms with Crippen molar-refractivity contribution in [1.82, 2.24) is 14.8 Å². The molecule has 0 amide bonds. The molecule has 2 rings (SSSR count). The number of pyridine rings is 1. The Labute approximate surface area is 101 Å². The summed E-state index contributed by atoms with van der Waals surface area (Å²) in [5, 5.41) is 4.29. The smallest absolute Gasteiger partial charge is 0.0899 e. The number of aryl methyl sites for hydroxylation is 2. The lowest BCUT2D eigenvalue weighted by atomic mass is 10.1. The van der Waals surface area contributed by atoms with Gasteiger partial charge in [-0.1, -0.05) is 13.0 Å². The Morgan fingerprint density at radius 3 is 2.88 bits per heavy atom. The SMILES string of the molecule is CCCn1nccc1C(N)c1ncccc1C. The van der Waals surface area contributed by atoms with E-state index in [4.69, 9.17) is 5.73 Å². The summed E-state index contributed by atoms with van der Waals surface area (Å²) < 4.78 is 1.96. The van der Waals surface area contributed by atoms with E-state index >= 15 is 0 Å². The molecule has 0 radical (unpaired) electrons. The van der Waals surface area contributed by atoms with Crippen LogP contribution in [0.25, 0.3) is 0 Å². The van der Waals surface area contributed by atoms with Crippen molar-refractivity contribution < 1.29 is 0 Å². The first-order chi connectivity index (χ1) is 8.24. The van der Waals surface area contributed by atoms with Gasteiger partial charge in [0.1, 0.15) is 0 Å². The highest BCUT2D eigenvalue weighted by atomic mass is 15.3. The lowest BCUT2D eigenvalue weighted by Gasteiger charge is -2.15. The van der Waals surface area contributed by atoms with Crippen LogP contribution in [0.1, 0.15) is 36.3 Å². The van der Waals surface area contributed by atoms with Gasteiger partial charge >= 0.3 is 0 Å². The second kappa shape index (κ2) is 5.10. The van der Waals surface area contributed by atoms with Crippen molar-refractivity contribution >= 4 is 0 Å². The van der Waals surface area contributed by atoms with E-state index in [-0.39, 0.29) is 6.04 Å². The van der Waals surface area contributed by atoms with Crippen molar-refractivity contribution in [2.24, 2.45) is 5.73 Å². The Bertz CT molecular complexity index is 490. The third-order valence-corrected chi connectivity index (χ3v) is 2.85. The molecule has 2 aromatic heterocycles. The van der Waals surface area contributed by atoms with Crippen LogP contribution in [0.3, 0.4) is 0 Å². The minimum absolute atomic E-state index is 0.203. The molecule has 0 aliphatic heterocycles. The average molecular weight is 230 g/mol. The van der Waals surface area contributed by atoms with Gasteiger partial charge in [-0.25, -0.2) is 0 Å². The van der Waals surface area contributed by atoms with E-state index in [0.29, 0.717) is 0 Å². The lowest BCUT2D eigenvalue weighted by Crippen LogP contribution is -2.19. The van der Waals surface area contributed by atoms with Crippen LogP contribution in [-0.4, -0.2) is 14.8 Å². The molecule has 0 saturated carbocycles. The maximum Gasteiger partial charge on any atom is 0.0899 e. The Kier molecular flexibility index (Phi) is 3.54. The molecule has 1 atom stereocenters. The summed E-state index contributed by atoms with van der Waals surface area (Å²) in [6.45, 7) is 5.05. The molecule has 4 heteroatoms. The molecule has 0 bridgehead atoms. The topological polar surface area (TPSA) is 56.7 Å². The largest absolute Gasteiger partial charge is 0.318 e. The highest BCUT2D eigenvalue weighted by Crippen LogP contribution is 2.20. The molecule has 90 valence electrons. The lowest BCUT2D eigenvalue weighted by molar-refractivity contribution is 0.556. The Hall–Kier alpha value is -1.68. The van der Waals surface area contributed by atoms with Crippen LogP contribution in [0.2, 0.25) is 0 Å². The zero-order chi connectivity index (χ0) is 12.3. The zero-order valence-electron chi connectivity index (χ0n) is 10.3. The highest BCUT2D eigenvalue weighted by molar-refractivity contribution is 5.27. The van der Waals surface area contributed by atoms with E-state index in [0.717, 1.165) is 29.9 Å². The number of hydrogen-bond acceptors (Lipinski definition) is 3. The maximum atomic E-state index is 6.27. The van der Waals surface area contributed by atoms with Gasteiger partial charge < -0.3 is 5.73 Å². The van der Waals surface area contributed by atoms with Crippen molar-refractivity contribution in [3.05, 3.63) is 47.5 Å². The fourth-order valence-corrected chi connectivity index (χ4v) is 1.97. The van der Waals surface area contributed by atoms with Gasteiger partial charge in [0.15, 0.2) is 0 Å².